The van der Waals surface area contributed by atoms with E-state index in [-0.39, 0.29) is 17.8 Å². The Bertz CT molecular complexity index is 534. The molecule has 0 saturated carbocycles. The van der Waals surface area contributed by atoms with Crippen molar-refractivity contribution in [3.8, 4) is 0 Å². The van der Waals surface area contributed by atoms with Gasteiger partial charge in [0.15, 0.2) is 0 Å². The fraction of sp³-hybridized carbons (Fsp3) is 0.529. The molecule has 0 unspecified atom stereocenters. The van der Waals surface area contributed by atoms with E-state index in [9.17, 15) is 9.59 Å². The first-order chi connectivity index (χ1) is 9.93. The number of esters is 1. The Balaban J connectivity index is 2.11. The van der Waals surface area contributed by atoms with Crippen LogP contribution in [0.5, 0.6) is 0 Å². The van der Waals surface area contributed by atoms with Crippen LogP contribution in [0.25, 0.3) is 0 Å². The molecule has 1 fully saturated rings. The minimum atomic E-state index is -0.162. The van der Waals surface area contributed by atoms with E-state index in [0.717, 1.165) is 16.7 Å². The van der Waals surface area contributed by atoms with E-state index in [1.807, 2.05) is 37.8 Å². The third-order valence-corrected chi connectivity index (χ3v) is 4.21. The molecule has 0 radical (unpaired) electrons. The van der Waals surface area contributed by atoms with Gasteiger partial charge < -0.3 is 9.64 Å². The fourth-order valence-corrected chi connectivity index (χ4v) is 3.16. The maximum Gasteiger partial charge on any atom is 0.308 e. The molecule has 4 nitrogen and oxygen atoms in total. The van der Waals surface area contributed by atoms with E-state index >= 15 is 0 Å². The summed E-state index contributed by atoms with van der Waals surface area (Å²) in [6.07, 6.45) is 1.37. The molecule has 0 aromatic heterocycles. The fourth-order valence-electron chi connectivity index (χ4n) is 3.16. The normalized spacial score (nSPS) is 15.9. The van der Waals surface area contributed by atoms with Crippen LogP contribution in [0.2, 0.25) is 0 Å². The number of piperidine rings is 1. The molecule has 0 atom stereocenters. The van der Waals surface area contributed by atoms with E-state index in [1.54, 1.807) is 0 Å². The minimum Gasteiger partial charge on any atom is -0.469 e. The van der Waals surface area contributed by atoms with E-state index in [1.165, 1.54) is 12.7 Å². The summed E-state index contributed by atoms with van der Waals surface area (Å²) in [7, 11) is 1.42. The zero-order valence-corrected chi connectivity index (χ0v) is 13.2. The van der Waals surface area contributed by atoms with Gasteiger partial charge >= 0.3 is 5.97 Å². The Labute approximate surface area is 126 Å². The number of hydrogen-bond acceptors (Lipinski definition) is 3. The van der Waals surface area contributed by atoms with Crippen molar-refractivity contribution in [2.24, 2.45) is 5.92 Å². The van der Waals surface area contributed by atoms with Gasteiger partial charge in [-0.2, -0.15) is 0 Å². The number of amides is 1. The van der Waals surface area contributed by atoms with Gasteiger partial charge in [0.2, 0.25) is 0 Å². The average molecular weight is 289 g/mol. The molecule has 1 heterocycles. The molecule has 114 valence electrons. The maximum absolute atomic E-state index is 12.7. The summed E-state index contributed by atoms with van der Waals surface area (Å²) in [6.45, 7) is 7.23. The van der Waals surface area contributed by atoms with E-state index in [2.05, 4.69) is 0 Å². The van der Waals surface area contributed by atoms with Crippen LogP contribution in [0.4, 0.5) is 0 Å². The number of carbonyl (C=O) groups is 2. The van der Waals surface area contributed by atoms with Crippen molar-refractivity contribution >= 4 is 11.9 Å². The standard InChI is InChI=1S/C17H23NO3/c1-11-9-12(2)15(13(3)10-11)16(19)18-7-5-14(6-8-18)17(20)21-4/h9-10,14H,5-8H2,1-4H3. The van der Waals surface area contributed by atoms with Crippen LogP contribution in [0, 0.1) is 26.7 Å². The molecule has 0 spiro atoms. The van der Waals surface area contributed by atoms with Gasteiger partial charge in [-0.15, -0.1) is 0 Å². The first-order valence-corrected chi connectivity index (χ1v) is 7.39. The van der Waals surface area contributed by atoms with Crippen molar-refractivity contribution in [3.63, 3.8) is 0 Å². The first-order valence-electron chi connectivity index (χ1n) is 7.39. The lowest BCUT2D eigenvalue weighted by Gasteiger charge is -2.31. The van der Waals surface area contributed by atoms with Crippen molar-refractivity contribution in [1.82, 2.24) is 4.90 Å². The van der Waals surface area contributed by atoms with Gasteiger partial charge in [0.25, 0.3) is 5.91 Å². The number of ether oxygens (including phenoxy) is 1. The van der Waals surface area contributed by atoms with Crippen molar-refractivity contribution in [2.45, 2.75) is 33.6 Å². The van der Waals surface area contributed by atoms with E-state index < -0.39 is 0 Å². The second kappa shape index (κ2) is 6.29. The molecular weight excluding hydrogens is 266 g/mol. The molecule has 1 aliphatic rings. The number of carbonyl (C=O) groups excluding carboxylic acids is 2. The largest absolute Gasteiger partial charge is 0.469 e. The molecule has 0 aliphatic carbocycles. The lowest BCUT2D eigenvalue weighted by atomic mass is 9.94. The Morgan fingerprint density at radius 2 is 1.62 bits per heavy atom. The van der Waals surface area contributed by atoms with Gasteiger partial charge in [-0.25, -0.2) is 0 Å². The van der Waals surface area contributed by atoms with Crippen molar-refractivity contribution in [2.75, 3.05) is 20.2 Å². The highest BCUT2D eigenvalue weighted by molar-refractivity contribution is 5.97. The Morgan fingerprint density at radius 3 is 2.10 bits per heavy atom. The van der Waals surface area contributed by atoms with Crippen LogP contribution in [0.15, 0.2) is 12.1 Å². The summed E-state index contributed by atoms with van der Waals surface area (Å²) >= 11 is 0. The van der Waals surface area contributed by atoms with Gasteiger partial charge in [-0.3, -0.25) is 9.59 Å². The minimum absolute atomic E-state index is 0.0701. The second-order valence-corrected chi connectivity index (χ2v) is 5.86. The van der Waals surface area contributed by atoms with Gasteiger partial charge in [-0.05, 0) is 44.7 Å². The van der Waals surface area contributed by atoms with Crippen LogP contribution in [-0.4, -0.2) is 37.0 Å². The highest BCUT2D eigenvalue weighted by atomic mass is 16.5. The molecular formula is C17H23NO3. The number of rotatable bonds is 2. The first kappa shape index (κ1) is 15.5. The molecule has 21 heavy (non-hydrogen) atoms. The number of hydrogen-bond donors (Lipinski definition) is 0. The van der Waals surface area contributed by atoms with Gasteiger partial charge in [0.05, 0.1) is 13.0 Å². The molecule has 1 aromatic rings. The Kier molecular flexibility index (Phi) is 4.66. The quantitative estimate of drug-likeness (QED) is 0.786. The van der Waals surface area contributed by atoms with Crippen LogP contribution < -0.4 is 0 Å². The molecule has 1 amide bonds. The van der Waals surface area contributed by atoms with Crippen molar-refractivity contribution < 1.29 is 14.3 Å². The highest BCUT2D eigenvalue weighted by Crippen LogP contribution is 2.23. The highest BCUT2D eigenvalue weighted by Gasteiger charge is 2.29. The van der Waals surface area contributed by atoms with Gasteiger partial charge in [-0.1, -0.05) is 17.7 Å². The third kappa shape index (κ3) is 3.26. The molecule has 1 aromatic carbocycles. The molecule has 1 saturated heterocycles. The Morgan fingerprint density at radius 1 is 1.10 bits per heavy atom. The summed E-state index contributed by atoms with van der Waals surface area (Å²) in [5.74, 6) is -0.155. The molecule has 0 N–H and O–H groups in total. The Hall–Kier alpha value is -1.84. The number of methoxy groups -OCH3 is 1. The monoisotopic (exact) mass is 289 g/mol. The topological polar surface area (TPSA) is 46.6 Å². The van der Waals surface area contributed by atoms with Crippen LogP contribution >= 0.6 is 0 Å². The summed E-state index contributed by atoms with van der Waals surface area (Å²) in [4.78, 5) is 26.1. The predicted molar refractivity (Wildman–Crippen MR) is 81.3 cm³/mol. The maximum atomic E-state index is 12.7. The van der Waals surface area contributed by atoms with Gasteiger partial charge in [0.1, 0.15) is 0 Å². The zero-order valence-electron chi connectivity index (χ0n) is 13.2. The van der Waals surface area contributed by atoms with Crippen LogP contribution in [-0.2, 0) is 9.53 Å². The summed E-state index contributed by atoms with van der Waals surface area (Å²) in [5.41, 5.74) is 4.02. The zero-order chi connectivity index (χ0) is 15.6. The summed E-state index contributed by atoms with van der Waals surface area (Å²) in [6, 6.07) is 4.09. The van der Waals surface area contributed by atoms with E-state index in [4.69, 9.17) is 4.74 Å². The lowest BCUT2D eigenvalue weighted by molar-refractivity contribution is -0.146. The predicted octanol–water partition coefficient (Wildman–Crippen LogP) is 2.64. The molecule has 2 rings (SSSR count). The molecule has 0 bridgehead atoms. The number of aryl methyl sites for hydroxylation is 3. The van der Waals surface area contributed by atoms with E-state index in [0.29, 0.717) is 25.9 Å². The molecule has 1 aliphatic heterocycles. The third-order valence-electron chi connectivity index (χ3n) is 4.21. The van der Waals surface area contributed by atoms with Crippen LogP contribution in [0.1, 0.15) is 39.9 Å². The summed E-state index contributed by atoms with van der Waals surface area (Å²) < 4.78 is 4.78. The average Bonchev–Trinajstić information content (AvgIpc) is 2.45. The lowest BCUT2D eigenvalue weighted by Crippen LogP contribution is -2.41. The second-order valence-electron chi connectivity index (χ2n) is 5.86. The smallest absolute Gasteiger partial charge is 0.308 e. The SMILES string of the molecule is COC(=O)C1CCN(C(=O)c2c(C)cc(C)cc2C)CC1. The van der Waals surface area contributed by atoms with Crippen molar-refractivity contribution in [1.29, 1.82) is 0 Å². The number of nitrogens with zero attached hydrogens (tertiary/aromatic N) is 1. The summed E-state index contributed by atoms with van der Waals surface area (Å²) in [5, 5.41) is 0. The van der Waals surface area contributed by atoms with Crippen molar-refractivity contribution in [3.05, 3.63) is 34.4 Å². The van der Waals surface area contributed by atoms with Crippen LogP contribution in [0.3, 0.4) is 0 Å². The number of likely N-dealkylation sites (tertiary alicyclic amines) is 1. The molecule has 4 heteroatoms. The van der Waals surface area contributed by atoms with Gasteiger partial charge in [0, 0.05) is 18.7 Å². The number of benzene rings is 1.